The molecule has 31 heavy (non-hydrogen) atoms. The van der Waals surface area contributed by atoms with Crippen LogP contribution < -0.4 is 5.32 Å². The number of amides is 1. The van der Waals surface area contributed by atoms with Crippen LogP contribution in [-0.2, 0) is 16.0 Å². The maximum Gasteiger partial charge on any atom is 0.326 e. The minimum absolute atomic E-state index is 0.0361. The van der Waals surface area contributed by atoms with Gasteiger partial charge in [-0.15, -0.1) is 5.10 Å². The number of rotatable bonds is 8. The largest absolute Gasteiger partial charge is 0.480 e. The number of carbonyl (C=O) groups is 2. The number of halogens is 1. The van der Waals surface area contributed by atoms with E-state index in [1.165, 1.54) is 4.68 Å². The first-order chi connectivity index (χ1) is 15.0. The molecule has 1 unspecified atom stereocenters. The van der Waals surface area contributed by atoms with Gasteiger partial charge in [-0.3, -0.25) is 4.79 Å². The van der Waals surface area contributed by atoms with Gasteiger partial charge in [0.15, 0.2) is 0 Å². The number of nitrogens with zero attached hydrogens (tertiary/aromatic N) is 4. The second-order valence-corrected chi connectivity index (χ2v) is 8.04. The molecule has 0 bridgehead atoms. The summed E-state index contributed by atoms with van der Waals surface area (Å²) >= 11 is 7.01. The Balaban J connectivity index is 1.40. The van der Waals surface area contributed by atoms with Crippen molar-refractivity contribution < 1.29 is 14.7 Å². The van der Waals surface area contributed by atoms with Crippen LogP contribution >= 0.6 is 23.4 Å². The van der Waals surface area contributed by atoms with Crippen LogP contribution in [0.3, 0.4) is 0 Å². The fourth-order valence-electron chi connectivity index (χ4n) is 3.10. The minimum Gasteiger partial charge on any atom is -0.480 e. The van der Waals surface area contributed by atoms with Gasteiger partial charge in [0.25, 0.3) is 0 Å². The summed E-state index contributed by atoms with van der Waals surface area (Å²) in [4.78, 5) is 27.3. The Bertz CT molecular complexity index is 1220. The van der Waals surface area contributed by atoms with Gasteiger partial charge in [-0.1, -0.05) is 41.6 Å². The molecule has 1 amide bonds. The van der Waals surface area contributed by atoms with E-state index in [0.717, 1.165) is 28.2 Å². The molecule has 4 aromatic rings. The maximum atomic E-state index is 12.4. The smallest absolute Gasteiger partial charge is 0.326 e. The van der Waals surface area contributed by atoms with Crippen molar-refractivity contribution in [2.75, 3.05) is 5.75 Å². The molecular weight excluding hydrogens is 440 g/mol. The van der Waals surface area contributed by atoms with Crippen LogP contribution in [0.15, 0.2) is 59.9 Å². The number of fused-ring (bicyclic) bond motifs is 1. The molecule has 3 N–H and O–H groups in total. The lowest BCUT2D eigenvalue weighted by atomic mass is 10.1. The van der Waals surface area contributed by atoms with Gasteiger partial charge in [0.2, 0.25) is 11.1 Å². The predicted octanol–water partition coefficient (Wildman–Crippen LogP) is 2.70. The maximum absolute atomic E-state index is 12.4. The fraction of sp³-hybridized carbons (Fsp3) is 0.150. The van der Waals surface area contributed by atoms with Crippen LogP contribution in [0.4, 0.5) is 0 Å². The summed E-state index contributed by atoms with van der Waals surface area (Å²) in [6.07, 6.45) is 1.93. The Morgan fingerprint density at radius 2 is 1.97 bits per heavy atom. The van der Waals surface area contributed by atoms with Gasteiger partial charge < -0.3 is 15.4 Å². The van der Waals surface area contributed by atoms with E-state index >= 15 is 0 Å². The zero-order chi connectivity index (χ0) is 21.8. The minimum atomic E-state index is -1.10. The Kier molecular flexibility index (Phi) is 6.19. The molecular formula is C20H17ClN6O3S. The van der Waals surface area contributed by atoms with Crippen molar-refractivity contribution in [1.82, 2.24) is 30.5 Å². The van der Waals surface area contributed by atoms with Gasteiger partial charge in [-0.2, -0.15) is 4.68 Å². The number of H-pyrrole nitrogens is 1. The molecule has 2 aromatic carbocycles. The van der Waals surface area contributed by atoms with E-state index in [9.17, 15) is 14.7 Å². The number of aromatic amines is 1. The van der Waals surface area contributed by atoms with Crippen LogP contribution in [0.1, 0.15) is 5.56 Å². The molecule has 0 radical (unpaired) electrons. The second kappa shape index (κ2) is 9.19. The third-order valence-electron chi connectivity index (χ3n) is 4.58. The predicted molar refractivity (Wildman–Crippen MR) is 116 cm³/mol. The SMILES string of the molecule is O=C(CSc1nnnn1-c1ccc(Cl)cc1)NC(Cc1c[nH]c2ccccc12)C(=O)O. The number of tetrazole rings is 1. The molecule has 11 heteroatoms. The molecule has 0 saturated heterocycles. The Morgan fingerprint density at radius 1 is 1.19 bits per heavy atom. The summed E-state index contributed by atoms with van der Waals surface area (Å²) in [5.41, 5.74) is 2.43. The normalized spacial score (nSPS) is 12.0. The van der Waals surface area contributed by atoms with Gasteiger partial charge in [0.1, 0.15) is 6.04 Å². The molecule has 0 spiro atoms. The molecule has 2 heterocycles. The van der Waals surface area contributed by atoms with Crippen LogP contribution in [0.2, 0.25) is 5.02 Å². The van der Waals surface area contributed by atoms with Crippen molar-refractivity contribution in [2.45, 2.75) is 17.6 Å². The van der Waals surface area contributed by atoms with E-state index in [-0.39, 0.29) is 12.2 Å². The number of hydrogen-bond donors (Lipinski definition) is 3. The fourth-order valence-corrected chi connectivity index (χ4v) is 3.93. The van der Waals surface area contributed by atoms with Crippen molar-refractivity contribution in [3.8, 4) is 5.69 Å². The number of hydrogen-bond acceptors (Lipinski definition) is 6. The first kappa shape index (κ1) is 20.9. The number of benzene rings is 2. The lowest BCUT2D eigenvalue weighted by Gasteiger charge is -2.14. The van der Waals surface area contributed by atoms with E-state index in [0.29, 0.717) is 15.9 Å². The first-order valence-electron chi connectivity index (χ1n) is 9.25. The van der Waals surface area contributed by atoms with Gasteiger partial charge >= 0.3 is 5.97 Å². The van der Waals surface area contributed by atoms with Gasteiger partial charge in [-0.25, -0.2) is 4.79 Å². The van der Waals surface area contributed by atoms with Crippen LogP contribution in [0.5, 0.6) is 0 Å². The average molecular weight is 457 g/mol. The Hall–Kier alpha value is -3.37. The second-order valence-electron chi connectivity index (χ2n) is 6.66. The van der Waals surface area contributed by atoms with E-state index in [1.807, 2.05) is 24.3 Å². The van der Waals surface area contributed by atoms with E-state index in [4.69, 9.17) is 11.6 Å². The molecule has 0 aliphatic heterocycles. The zero-order valence-corrected chi connectivity index (χ0v) is 17.6. The highest BCUT2D eigenvalue weighted by molar-refractivity contribution is 7.99. The highest BCUT2D eigenvalue weighted by atomic mass is 35.5. The van der Waals surface area contributed by atoms with Crippen LogP contribution in [-0.4, -0.2) is 54.0 Å². The molecule has 158 valence electrons. The van der Waals surface area contributed by atoms with Crippen molar-refractivity contribution in [3.63, 3.8) is 0 Å². The number of aromatic nitrogens is 5. The molecule has 0 aliphatic carbocycles. The number of nitrogens with one attached hydrogen (secondary N) is 2. The third-order valence-corrected chi connectivity index (χ3v) is 5.75. The average Bonchev–Trinajstić information content (AvgIpc) is 3.39. The number of para-hydroxylation sites is 1. The van der Waals surface area contributed by atoms with Gasteiger partial charge in [0.05, 0.1) is 11.4 Å². The summed E-state index contributed by atoms with van der Waals surface area (Å²) in [5.74, 6) is -1.57. The molecule has 0 saturated carbocycles. The van der Waals surface area contributed by atoms with Crippen molar-refractivity contribution in [2.24, 2.45) is 0 Å². The highest BCUT2D eigenvalue weighted by Crippen LogP contribution is 2.21. The van der Waals surface area contributed by atoms with E-state index in [1.54, 1.807) is 30.5 Å². The summed E-state index contributed by atoms with van der Waals surface area (Å²) < 4.78 is 1.48. The number of thioether (sulfide) groups is 1. The number of carboxylic acids is 1. The summed E-state index contributed by atoms with van der Waals surface area (Å²) in [6, 6.07) is 13.5. The lowest BCUT2D eigenvalue weighted by Crippen LogP contribution is -2.43. The van der Waals surface area contributed by atoms with Crippen LogP contribution in [0, 0.1) is 0 Å². The molecule has 1 atom stereocenters. The summed E-state index contributed by atoms with van der Waals surface area (Å²) in [6.45, 7) is 0. The summed E-state index contributed by atoms with van der Waals surface area (Å²) in [5, 5.41) is 25.6. The molecule has 0 fully saturated rings. The Labute approximate surface area is 185 Å². The number of aliphatic carboxylic acids is 1. The Morgan fingerprint density at radius 3 is 2.74 bits per heavy atom. The highest BCUT2D eigenvalue weighted by Gasteiger charge is 2.22. The van der Waals surface area contributed by atoms with E-state index < -0.39 is 17.9 Å². The van der Waals surface area contributed by atoms with Crippen molar-refractivity contribution in [3.05, 3.63) is 65.3 Å². The number of carbonyl (C=O) groups excluding carboxylic acids is 1. The quantitative estimate of drug-likeness (QED) is 0.348. The number of carboxylic acid groups (broad SMARTS) is 1. The van der Waals surface area contributed by atoms with Crippen molar-refractivity contribution in [1.29, 1.82) is 0 Å². The molecule has 4 rings (SSSR count). The standard InChI is InChI=1S/C20H17ClN6O3S/c21-13-5-7-14(8-6-13)27-20(24-25-26-27)31-11-18(28)23-17(19(29)30)9-12-10-22-16-4-2-1-3-15(12)16/h1-8,10,17,22H,9,11H2,(H,23,28)(H,29,30). The monoisotopic (exact) mass is 456 g/mol. The van der Waals surface area contributed by atoms with Crippen LogP contribution in [0.25, 0.3) is 16.6 Å². The van der Waals surface area contributed by atoms with Gasteiger partial charge in [0, 0.05) is 28.5 Å². The first-order valence-corrected chi connectivity index (χ1v) is 10.6. The van der Waals surface area contributed by atoms with Gasteiger partial charge in [-0.05, 0) is 46.3 Å². The lowest BCUT2D eigenvalue weighted by molar-refractivity contribution is -0.141. The third kappa shape index (κ3) is 4.86. The molecule has 0 aliphatic rings. The van der Waals surface area contributed by atoms with E-state index in [2.05, 4.69) is 25.8 Å². The molecule has 2 aromatic heterocycles. The molecule has 9 nitrogen and oxygen atoms in total. The van der Waals surface area contributed by atoms with Crippen molar-refractivity contribution >= 4 is 46.1 Å². The zero-order valence-electron chi connectivity index (χ0n) is 16.0. The topological polar surface area (TPSA) is 126 Å². The summed E-state index contributed by atoms with van der Waals surface area (Å²) in [7, 11) is 0.